The maximum absolute atomic E-state index is 12.5. The van der Waals surface area contributed by atoms with Crippen LogP contribution in [0.4, 0.5) is 0 Å². The molecule has 106 valence electrons. The Bertz CT molecular complexity index is 259. The van der Waals surface area contributed by atoms with Crippen LogP contribution in [0.5, 0.6) is 0 Å². The molecule has 18 heavy (non-hydrogen) atoms. The molecule has 1 saturated heterocycles. The highest BCUT2D eigenvalue weighted by molar-refractivity contribution is 5.85. The van der Waals surface area contributed by atoms with Crippen LogP contribution in [0.2, 0.25) is 0 Å². The largest absolute Gasteiger partial charge is 0.395 e. The lowest BCUT2D eigenvalue weighted by Gasteiger charge is -2.42. The Morgan fingerprint density at radius 1 is 1.22 bits per heavy atom. The Labute approximate surface area is 109 Å². The fourth-order valence-electron chi connectivity index (χ4n) is 2.30. The number of aliphatic hydroxyl groups is 2. The molecule has 0 aromatic carbocycles. The summed E-state index contributed by atoms with van der Waals surface area (Å²) in [5, 5.41) is 21.2. The van der Waals surface area contributed by atoms with Gasteiger partial charge in [0, 0.05) is 39.3 Å². The lowest BCUT2D eigenvalue weighted by atomic mass is 9.99. The monoisotopic (exact) mass is 259 g/mol. The van der Waals surface area contributed by atoms with Gasteiger partial charge in [0.2, 0.25) is 5.91 Å². The van der Waals surface area contributed by atoms with Crippen molar-refractivity contribution in [3.05, 3.63) is 0 Å². The molecule has 0 unspecified atom stereocenters. The fraction of sp³-hybridized carbons (Fsp3) is 0.917. The molecule has 6 heteroatoms. The van der Waals surface area contributed by atoms with Crippen LogP contribution in [-0.4, -0.2) is 83.9 Å². The number of hydrogen-bond acceptors (Lipinski definition) is 5. The molecule has 3 N–H and O–H groups in total. The molecule has 0 atom stereocenters. The number of piperazine rings is 1. The van der Waals surface area contributed by atoms with Gasteiger partial charge in [0.25, 0.3) is 0 Å². The summed E-state index contributed by atoms with van der Waals surface area (Å²) in [6.07, 6.45) is 0. The Hall–Kier alpha value is -0.690. The summed E-state index contributed by atoms with van der Waals surface area (Å²) in [7, 11) is 0. The molecule has 1 heterocycles. The zero-order valence-electron chi connectivity index (χ0n) is 11.4. The van der Waals surface area contributed by atoms with Crippen LogP contribution in [0, 0.1) is 0 Å². The van der Waals surface area contributed by atoms with E-state index < -0.39 is 5.54 Å². The maximum atomic E-state index is 12.5. The average molecular weight is 259 g/mol. The molecule has 0 radical (unpaired) electrons. The van der Waals surface area contributed by atoms with E-state index >= 15 is 0 Å². The SMILES string of the molecule is CC(C)(C(=O)N(CCO)CCO)N1CCNCC1. The second-order valence-corrected chi connectivity index (χ2v) is 5.04. The first-order valence-electron chi connectivity index (χ1n) is 6.51. The Morgan fingerprint density at radius 3 is 2.17 bits per heavy atom. The lowest BCUT2D eigenvalue weighted by molar-refractivity contribution is -0.144. The van der Waals surface area contributed by atoms with Crippen LogP contribution in [-0.2, 0) is 4.79 Å². The van der Waals surface area contributed by atoms with Gasteiger partial charge < -0.3 is 20.4 Å². The number of nitrogens with zero attached hydrogens (tertiary/aromatic N) is 2. The van der Waals surface area contributed by atoms with Gasteiger partial charge in [-0.3, -0.25) is 9.69 Å². The van der Waals surface area contributed by atoms with Crippen LogP contribution in [0.15, 0.2) is 0 Å². The van der Waals surface area contributed by atoms with E-state index in [4.69, 9.17) is 10.2 Å². The molecule has 0 spiro atoms. The van der Waals surface area contributed by atoms with Gasteiger partial charge in [0.05, 0.1) is 18.8 Å². The van der Waals surface area contributed by atoms with Gasteiger partial charge in [0.1, 0.15) is 0 Å². The standard InChI is InChI=1S/C12H25N3O3/c1-12(2,15-5-3-13-4-6-15)11(18)14(7-9-16)8-10-17/h13,16-17H,3-10H2,1-2H3. The van der Waals surface area contributed by atoms with Crippen LogP contribution in [0.25, 0.3) is 0 Å². The minimum absolute atomic E-state index is 0.0347. The second-order valence-electron chi connectivity index (χ2n) is 5.04. The Balaban J connectivity index is 2.70. The third-order valence-electron chi connectivity index (χ3n) is 3.46. The van der Waals surface area contributed by atoms with Crippen molar-refractivity contribution in [1.82, 2.24) is 15.1 Å². The molecule has 0 bridgehead atoms. The molecule has 1 rings (SSSR count). The average Bonchev–Trinajstić information content (AvgIpc) is 2.38. The highest BCUT2D eigenvalue weighted by atomic mass is 16.3. The molecule has 0 aliphatic carbocycles. The summed E-state index contributed by atoms with van der Waals surface area (Å²) in [5.41, 5.74) is -0.591. The molecule has 0 saturated carbocycles. The van der Waals surface area contributed by atoms with Crippen molar-refractivity contribution in [2.45, 2.75) is 19.4 Å². The summed E-state index contributed by atoms with van der Waals surface area (Å²) in [6.45, 7) is 7.64. The van der Waals surface area contributed by atoms with Gasteiger partial charge in [-0.25, -0.2) is 0 Å². The van der Waals surface area contributed by atoms with Gasteiger partial charge in [0.15, 0.2) is 0 Å². The molecule has 1 amide bonds. The number of hydrogen-bond donors (Lipinski definition) is 3. The number of nitrogens with one attached hydrogen (secondary N) is 1. The molecular formula is C12H25N3O3. The summed E-state index contributed by atoms with van der Waals surface area (Å²) in [6, 6.07) is 0. The summed E-state index contributed by atoms with van der Waals surface area (Å²) >= 11 is 0. The number of aliphatic hydroxyl groups excluding tert-OH is 2. The van der Waals surface area contributed by atoms with E-state index in [0.717, 1.165) is 26.2 Å². The van der Waals surface area contributed by atoms with Crippen LogP contribution in [0.3, 0.4) is 0 Å². The molecular weight excluding hydrogens is 234 g/mol. The molecule has 0 aromatic rings. The highest BCUT2D eigenvalue weighted by Gasteiger charge is 2.37. The number of rotatable bonds is 6. The minimum Gasteiger partial charge on any atom is -0.395 e. The lowest BCUT2D eigenvalue weighted by Crippen LogP contribution is -2.61. The zero-order chi connectivity index (χ0) is 13.6. The van der Waals surface area contributed by atoms with E-state index in [2.05, 4.69) is 10.2 Å². The van der Waals surface area contributed by atoms with E-state index in [1.165, 1.54) is 4.90 Å². The number of amides is 1. The van der Waals surface area contributed by atoms with Crippen molar-refractivity contribution < 1.29 is 15.0 Å². The summed E-state index contributed by atoms with van der Waals surface area (Å²) in [5.74, 6) is -0.0347. The van der Waals surface area contributed by atoms with Crippen molar-refractivity contribution in [3.63, 3.8) is 0 Å². The normalized spacial score (nSPS) is 17.8. The van der Waals surface area contributed by atoms with Crippen LogP contribution >= 0.6 is 0 Å². The quantitative estimate of drug-likeness (QED) is 0.540. The van der Waals surface area contributed by atoms with Crippen molar-refractivity contribution in [1.29, 1.82) is 0 Å². The van der Waals surface area contributed by atoms with Gasteiger partial charge in [-0.15, -0.1) is 0 Å². The van der Waals surface area contributed by atoms with E-state index in [9.17, 15) is 4.79 Å². The first kappa shape index (κ1) is 15.4. The fourth-order valence-corrected chi connectivity index (χ4v) is 2.30. The van der Waals surface area contributed by atoms with Gasteiger partial charge in [-0.05, 0) is 13.8 Å². The first-order valence-corrected chi connectivity index (χ1v) is 6.51. The summed E-state index contributed by atoms with van der Waals surface area (Å²) in [4.78, 5) is 16.2. The molecule has 1 aliphatic heterocycles. The number of carbonyl (C=O) groups is 1. The van der Waals surface area contributed by atoms with Crippen molar-refractivity contribution >= 4 is 5.91 Å². The zero-order valence-corrected chi connectivity index (χ0v) is 11.4. The van der Waals surface area contributed by atoms with Crippen LogP contribution < -0.4 is 5.32 Å². The third kappa shape index (κ3) is 3.65. The maximum Gasteiger partial charge on any atom is 0.242 e. The van der Waals surface area contributed by atoms with Crippen molar-refractivity contribution in [2.75, 3.05) is 52.5 Å². The Kier molecular flexibility index (Phi) is 6.01. The first-order chi connectivity index (χ1) is 8.54. The van der Waals surface area contributed by atoms with E-state index in [1.54, 1.807) is 0 Å². The molecule has 6 nitrogen and oxygen atoms in total. The van der Waals surface area contributed by atoms with Crippen molar-refractivity contribution in [2.24, 2.45) is 0 Å². The molecule has 1 aliphatic rings. The van der Waals surface area contributed by atoms with E-state index in [1.807, 2.05) is 13.8 Å². The van der Waals surface area contributed by atoms with Gasteiger partial charge >= 0.3 is 0 Å². The number of carbonyl (C=O) groups excluding carboxylic acids is 1. The second kappa shape index (κ2) is 7.04. The highest BCUT2D eigenvalue weighted by Crippen LogP contribution is 2.18. The minimum atomic E-state index is -0.591. The summed E-state index contributed by atoms with van der Waals surface area (Å²) < 4.78 is 0. The molecule has 0 aromatic heterocycles. The van der Waals surface area contributed by atoms with Gasteiger partial charge in [-0.1, -0.05) is 0 Å². The van der Waals surface area contributed by atoms with E-state index in [-0.39, 0.29) is 32.2 Å². The third-order valence-corrected chi connectivity index (χ3v) is 3.46. The molecule has 1 fully saturated rings. The van der Waals surface area contributed by atoms with Crippen molar-refractivity contribution in [3.8, 4) is 0 Å². The van der Waals surface area contributed by atoms with Gasteiger partial charge in [-0.2, -0.15) is 0 Å². The predicted octanol–water partition coefficient (Wildman–Crippen LogP) is -1.52. The Morgan fingerprint density at radius 2 is 1.72 bits per heavy atom. The smallest absolute Gasteiger partial charge is 0.242 e. The van der Waals surface area contributed by atoms with Crippen LogP contribution in [0.1, 0.15) is 13.8 Å². The predicted molar refractivity (Wildman–Crippen MR) is 69.3 cm³/mol. The topological polar surface area (TPSA) is 76.0 Å². The van der Waals surface area contributed by atoms with E-state index in [0.29, 0.717) is 0 Å².